The average molecular weight is 256 g/mol. The van der Waals surface area contributed by atoms with E-state index in [9.17, 15) is 18.0 Å². The number of nitrogens with two attached hydrogens (primary N) is 1. The van der Waals surface area contributed by atoms with Gasteiger partial charge in [0, 0.05) is 0 Å². The molecule has 0 aliphatic carbocycles. The summed E-state index contributed by atoms with van der Waals surface area (Å²) in [4.78, 5) is 10.7. The van der Waals surface area contributed by atoms with Crippen LogP contribution in [0.25, 0.3) is 0 Å². The van der Waals surface area contributed by atoms with Crippen molar-refractivity contribution in [3.63, 3.8) is 0 Å². The molecule has 1 aromatic carbocycles. The minimum Gasteiger partial charge on any atom is -0.306 e. The molecular formula is C8H9ClF3N3O. The molecule has 0 aliphatic rings. The molecule has 0 bridgehead atoms. The molecule has 16 heavy (non-hydrogen) atoms. The van der Waals surface area contributed by atoms with Gasteiger partial charge in [0.1, 0.15) is 0 Å². The summed E-state index contributed by atoms with van der Waals surface area (Å²) in [6, 6.07) is 3.70. The smallest absolute Gasteiger partial charge is 0.306 e. The molecule has 90 valence electrons. The topological polar surface area (TPSA) is 67.1 Å². The SMILES string of the molecule is Cl.NNC(=O)Nc1ccccc1C(F)(F)F. The fourth-order valence-corrected chi connectivity index (χ4v) is 0.998. The van der Waals surface area contributed by atoms with Gasteiger partial charge in [0.2, 0.25) is 0 Å². The summed E-state index contributed by atoms with van der Waals surface area (Å²) in [5, 5.41) is 1.97. The highest BCUT2D eigenvalue weighted by Crippen LogP contribution is 2.34. The minimum absolute atomic E-state index is 0. The second-order valence-corrected chi connectivity index (χ2v) is 2.64. The molecule has 0 aromatic heterocycles. The Kier molecular flexibility index (Phi) is 5.06. The van der Waals surface area contributed by atoms with Crippen LogP contribution in [0.5, 0.6) is 0 Å². The number of hydrogen-bond donors (Lipinski definition) is 3. The molecule has 4 nitrogen and oxygen atoms in total. The highest BCUT2D eigenvalue weighted by molar-refractivity contribution is 5.89. The maximum Gasteiger partial charge on any atom is 0.418 e. The van der Waals surface area contributed by atoms with Gasteiger partial charge < -0.3 is 5.32 Å². The molecule has 1 rings (SSSR count). The maximum absolute atomic E-state index is 12.4. The van der Waals surface area contributed by atoms with Crippen LogP contribution < -0.4 is 16.6 Å². The lowest BCUT2D eigenvalue weighted by Gasteiger charge is -2.12. The molecule has 4 N–H and O–H groups in total. The van der Waals surface area contributed by atoms with Crippen LogP contribution in [0, 0.1) is 0 Å². The normalized spacial score (nSPS) is 10.2. The van der Waals surface area contributed by atoms with Crippen LogP contribution in [0.2, 0.25) is 0 Å². The van der Waals surface area contributed by atoms with Gasteiger partial charge in [-0.3, -0.25) is 5.43 Å². The molecule has 0 saturated carbocycles. The van der Waals surface area contributed by atoms with Crippen molar-refractivity contribution in [1.82, 2.24) is 5.43 Å². The third-order valence-corrected chi connectivity index (χ3v) is 1.61. The van der Waals surface area contributed by atoms with E-state index in [0.29, 0.717) is 0 Å². The molecule has 0 spiro atoms. The molecule has 1 aromatic rings. The Morgan fingerprint density at radius 1 is 1.25 bits per heavy atom. The Labute approximate surface area is 95.4 Å². The first-order valence-electron chi connectivity index (χ1n) is 3.89. The second kappa shape index (κ2) is 5.57. The quantitative estimate of drug-likeness (QED) is 0.409. The Morgan fingerprint density at radius 3 is 2.31 bits per heavy atom. The van der Waals surface area contributed by atoms with E-state index in [1.165, 1.54) is 12.1 Å². The number of anilines is 1. The van der Waals surface area contributed by atoms with Gasteiger partial charge in [-0.2, -0.15) is 13.2 Å². The molecule has 0 radical (unpaired) electrons. The number of para-hydroxylation sites is 1. The van der Waals surface area contributed by atoms with Gasteiger partial charge in [0.15, 0.2) is 0 Å². The average Bonchev–Trinajstić information content (AvgIpc) is 2.17. The zero-order valence-corrected chi connectivity index (χ0v) is 8.65. The van der Waals surface area contributed by atoms with Gasteiger partial charge >= 0.3 is 12.2 Å². The number of alkyl halides is 3. The van der Waals surface area contributed by atoms with Crippen LogP contribution in [-0.4, -0.2) is 6.03 Å². The van der Waals surface area contributed by atoms with E-state index in [1.54, 1.807) is 5.43 Å². The minimum atomic E-state index is -4.52. The van der Waals surface area contributed by atoms with Gasteiger partial charge in [0.25, 0.3) is 0 Å². The van der Waals surface area contributed by atoms with Crippen molar-refractivity contribution in [1.29, 1.82) is 0 Å². The second-order valence-electron chi connectivity index (χ2n) is 2.64. The summed E-state index contributed by atoms with van der Waals surface area (Å²) >= 11 is 0. The number of nitrogens with one attached hydrogen (secondary N) is 2. The monoisotopic (exact) mass is 255 g/mol. The number of amides is 2. The molecule has 0 heterocycles. The van der Waals surface area contributed by atoms with Crippen molar-refractivity contribution < 1.29 is 18.0 Å². The van der Waals surface area contributed by atoms with Crippen LogP contribution in [0.4, 0.5) is 23.7 Å². The van der Waals surface area contributed by atoms with E-state index in [0.717, 1.165) is 12.1 Å². The van der Waals surface area contributed by atoms with E-state index in [-0.39, 0.29) is 18.1 Å². The lowest BCUT2D eigenvalue weighted by Crippen LogP contribution is -2.34. The summed E-state index contributed by atoms with van der Waals surface area (Å²) in [5.41, 5.74) is 0.412. The number of carbonyl (C=O) groups excluding carboxylic acids is 1. The number of hydrogen-bond acceptors (Lipinski definition) is 2. The summed E-state index contributed by atoms with van der Waals surface area (Å²) in [6.07, 6.45) is -4.52. The highest BCUT2D eigenvalue weighted by Gasteiger charge is 2.33. The number of carbonyl (C=O) groups is 1. The molecule has 0 unspecified atom stereocenters. The number of halogens is 4. The van der Waals surface area contributed by atoms with Crippen LogP contribution in [-0.2, 0) is 6.18 Å². The Hall–Kier alpha value is -1.47. The maximum atomic E-state index is 12.4. The van der Waals surface area contributed by atoms with Gasteiger partial charge in [-0.15, -0.1) is 12.4 Å². The van der Waals surface area contributed by atoms with Gasteiger partial charge in [-0.05, 0) is 12.1 Å². The Balaban J connectivity index is 0.00000225. The third kappa shape index (κ3) is 3.59. The fraction of sp³-hybridized carbons (Fsp3) is 0.125. The standard InChI is InChI=1S/C8H8F3N3O.ClH/c9-8(10,11)5-3-1-2-4-6(5)13-7(15)14-12;/h1-4H,12H2,(H2,13,14,15);1H. The van der Waals surface area contributed by atoms with Crippen molar-refractivity contribution in [2.24, 2.45) is 5.84 Å². The van der Waals surface area contributed by atoms with Gasteiger partial charge in [-0.25, -0.2) is 10.6 Å². The van der Waals surface area contributed by atoms with Crippen molar-refractivity contribution >= 4 is 24.1 Å². The van der Waals surface area contributed by atoms with Crippen LogP contribution >= 0.6 is 12.4 Å². The Morgan fingerprint density at radius 2 is 1.81 bits per heavy atom. The lowest BCUT2D eigenvalue weighted by molar-refractivity contribution is -0.136. The first-order valence-corrected chi connectivity index (χ1v) is 3.89. The first kappa shape index (κ1) is 14.5. The number of rotatable bonds is 1. The predicted molar refractivity (Wildman–Crippen MR) is 55.0 cm³/mol. The van der Waals surface area contributed by atoms with E-state index < -0.39 is 17.8 Å². The van der Waals surface area contributed by atoms with Crippen molar-refractivity contribution in [3.05, 3.63) is 29.8 Å². The van der Waals surface area contributed by atoms with Crippen LogP contribution in [0.15, 0.2) is 24.3 Å². The summed E-state index contributed by atoms with van der Waals surface area (Å²) < 4.78 is 37.2. The fourth-order valence-electron chi connectivity index (χ4n) is 0.998. The van der Waals surface area contributed by atoms with Crippen LogP contribution in [0.3, 0.4) is 0 Å². The lowest BCUT2D eigenvalue weighted by atomic mass is 10.1. The third-order valence-electron chi connectivity index (χ3n) is 1.61. The highest BCUT2D eigenvalue weighted by atomic mass is 35.5. The van der Waals surface area contributed by atoms with Crippen molar-refractivity contribution in [3.8, 4) is 0 Å². The van der Waals surface area contributed by atoms with E-state index in [1.807, 2.05) is 5.32 Å². The molecule has 0 saturated heterocycles. The predicted octanol–water partition coefficient (Wildman–Crippen LogP) is 2.12. The number of urea groups is 1. The molecule has 8 heteroatoms. The van der Waals surface area contributed by atoms with Crippen molar-refractivity contribution in [2.45, 2.75) is 6.18 Å². The summed E-state index contributed by atoms with van der Waals surface area (Å²) in [7, 11) is 0. The number of benzene rings is 1. The van der Waals surface area contributed by atoms with Gasteiger partial charge in [-0.1, -0.05) is 12.1 Å². The Bertz CT molecular complexity index is 370. The first-order chi connectivity index (χ1) is 6.95. The molecule has 0 aliphatic heterocycles. The van der Waals surface area contributed by atoms with Crippen LogP contribution in [0.1, 0.15) is 5.56 Å². The van der Waals surface area contributed by atoms with E-state index in [2.05, 4.69) is 0 Å². The van der Waals surface area contributed by atoms with Crippen molar-refractivity contribution in [2.75, 3.05) is 5.32 Å². The summed E-state index contributed by atoms with van der Waals surface area (Å²) in [5.74, 6) is 4.74. The summed E-state index contributed by atoms with van der Waals surface area (Å²) in [6.45, 7) is 0. The van der Waals surface area contributed by atoms with Gasteiger partial charge in [0.05, 0.1) is 11.3 Å². The van der Waals surface area contributed by atoms with E-state index in [4.69, 9.17) is 5.84 Å². The molecular weight excluding hydrogens is 247 g/mol. The zero-order chi connectivity index (χ0) is 11.5. The molecule has 0 fully saturated rings. The molecule has 2 amide bonds. The molecule has 0 atom stereocenters. The number of hydrazine groups is 1. The zero-order valence-electron chi connectivity index (χ0n) is 7.84. The van der Waals surface area contributed by atoms with E-state index >= 15 is 0 Å². The largest absolute Gasteiger partial charge is 0.418 e.